The highest BCUT2D eigenvalue weighted by molar-refractivity contribution is 6.35. The van der Waals surface area contributed by atoms with Gasteiger partial charge in [-0.2, -0.15) is 5.10 Å². The lowest BCUT2D eigenvalue weighted by atomic mass is 10.2. The van der Waals surface area contributed by atoms with E-state index >= 15 is 0 Å². The molecule has 0 aromatic carbocycles. The number of hydrazone groups is 1. The summed E-state index contributed by atoms with van der Waals surface area (Å²) in [5.74, 6) is -1.47. The highest BCUT2D eigenvalue weighted by Crippen LogP contribution is 1.94. The van der Waals surface area contributed by atoms with Crippen molar-refractivity contribution in [2.24, 2.45) is 5.10 Å². The van der Waals surface area contributed by atoms with E-state index in [9.17, 15) is 9.59 Å². The van der Waals surface area contributed by atoms with Crippen LogP contribution in [0.15, 0.2) is 29.6 Å². The summed E-state index contributed by atoms with van der Waals surface area (Å²) in [6.07, 6.45) is 4.76. The Morgan fingerprint density at radius 3 is 2.58 bits per heavy atom. The van der Waals surface area contributed by atoms with Crippen LogP contribution in [0.2, 0.25) is 0 Å². The van der Waals surface area contributed by atoms with Crippen molar-refractivity contribution in [1.82, 2.24) is 15.7 Å². The molecule has 0 fully saturated rings. The van der Waals surface area contributed by atoms with Gasteiger partial charge >= 0.3 is 11.8 Å². The molecule has 102 valence electrons. The van der Waals surface area contributed by atoms with Crippen molar-refractivity contribution in [2.75, 3.05) is 0 Å². The van der Waals surface area contributed by atoms with Crippen molar-refractivity contribution >= 4 is 17.5 Å². The Labute approximate surface area is 112 Å². The summed E-state index contributed by atoms with van der Waals surface area (Å²) >= 11 is 0. The zero-order valence-electron chi connectivity index (χ0n) is 11.1. The van der Waals surface area contributed by atoms with Gasteiger partial charge in [0.25, 0.3) is 0 Å². The molecule has 0 saturated carbocycles. The normalized spacial score (nSPS) is 9.58. The minimum absolute atomic E-state index is 0.262. The Morgan fingerprint density at radius 1 is 1.26 bits per heavy atom. The first kappa shape index (κ1) is 14.8. The van der Waals surface area contributed by atoms with Crippen LogP contribution in [0.25, 0.3) is 0 Å². The first-order chi connectivity index (χ1) is 9.17. The fourth-order valence-corrected chi connectivity index (χ4v) is 1.35. The van der Waals surface area contributed by atoms with Crippen molar-refractivity contribution in [3.8, 4) is 0 Å². The Bertz CT molecular complexity index is 451. The molecule has 0 radical (unpaired) electrons. The van der Waals surface area contributed by atoms with Crippen LogP contribution in [0, 0.1) is 0 Å². The van der Waals surface area contributed by atoms with Gasteiger partial charge in [0.15, 0.2) is 0 Å². The molecule has 0 aliphatic rings. The van der Waals surface area contributed by atoms with E-state index in [-0.39, 0.29) is 6.54 Å². The second-order valence-corrected chi connectivity index (χ2v) is 3.87. The molecule has 6 nitrogen and oxygen atoms in total. The second-order valence-electron chi connectivity index (χ2n) is 3.87. The van der Waals surface area contributed by atoms with E-state index in [1.807, 2.05) is 19.9 Å². The van der Waals surface area contributed by atoms with Crippen molar-refractivity contribution in [2.45, 2.75) is 33.2 Å². The van der Waals surface area contributed by atoms with Crippen LogP contribution in [0.3, 0.4) is 0 Å². The summed E-state index contributed by atoms with van der Waals surface area (Å²) in [4.78, 5) is 26.9. The van der Waals surface area contributed by atoms with Gasteiger partial charge in [-0.3, -0.25) is 14.6 Å². The molecule has 1 rings (SSSR count). The maximum Gasteiger partial charge on any atom is 0.329 e. The molecule has 0 aliphatic carbocycles. The third kappa shape index (κ3) is 5.29. The zero-order valence-corrected chi connectivity index (χ0v) is 11.1. The number of carbonyl (C=O) groups excluding carboxylic acids is 2. The van der Waals surface area contributed by atoms with Crippen LogP contribution >= 0.6 is 0 Å². The molecule has 2 N–H and O–H groups in total. The Hall–Kier alpha value is -2.24. The first-order valence-corrected chi connectivity index (χ1v) is 6.19. The Morgan fingerprint density at radius 2 is 2.00 bits per heavy atom. The number of carbonyl (C=O) groups is 2. The quantitative estimate of drug-likeness (QED) is 0.471. The fraction of sp³-hybridized carbons (Fsp3) is 0.385. The zero-order chi connectivity index (χ0) is 14.1. The molecule has 0 bridgehead atoms. The minimum Gasteiger partial charge on any atom is -0.344 e. The third-order valence-electron chi connectivity index (χ3n) is 2.51. The topological polar surface area (TPSA) is 83.5 Å². The lowest BCUT2D eigenvalue weighted by Crippen LogP contribution is -2.37. The van der Waals surface area contributed by atoms with Crippen LogP contribution in [0.1, 0.15) is 32.3 Å². The predicted octanol–water partition coefficient (Wildman–Crippen LogP) is 0.990. The van der Waals surface area contributed by atoms with E-state index in [2.05, 4.69) is 20.8 Å². The van der Waals surface area contributed by atoms with E-state index in [1.165, 1.54) is 0 Å². The molecule has 1 aromatic heterocycles. The van der Waals surface area contributed by atoms with Gasteiger partial charge in [0.2, 0.25) is 0 Å². The second kappa shape index (κ2) is 7.97. The molecule has 6 heteroatoms. The molecular formula is C13H18N4O2. The van der Waals surface area contributed by atoms with Gasteiger partial charge in [-0.25, -0.2) is 5.43 Å². The molecule has 0 aliphatic heterocycles. The van der Waals surface area contributed by atoms with Gasteiger partial charge in [0.05, 0.1) is 0 Å². The maximum absolute atomic E-state index is 11.5. The predicted molar refractivity (Wildman–Crippen MR) is 72.2 cm³/mol. The summed E-state index contributed by atoms with van der Waals surface area (Å²) in [6.45, 7) is 4.14. The number of nitrogens with zero attached hydrogens (tertiary/aromatic N) is 2. The molecule has 19 heavy (non-hydrogen) atoms. The number of nitrogens with one attached hydrogen (secondary N) is 2. The van der Waals surface area contributed by atoms with Crippen molar-refractivity contribution < 1.29 is 9.59 Å². The molecule has 0 saturated heterocycles. The van der Waals surface area contributed by atoms with Gasteiger partial charge in [-0.05, 0) is 24.5 Å². The summed E-state index contributed by atoms with van der Waals surface area (Å²) in [7, 11) is 0. The average molecular weight is 262 g/mol. The summed E-state index contributed by atoms with van der Waals surface area (Å²) < 4.78 is 0. The van der Waals surface area contributed by atoms with Crippen LogP contribution < -0.4 is 10.7 Å². The van der Waals surface area contributed by atoms with Gasteiger partial charge < -0.3 is 5.32 Å². The number of amides is 2. The maximum atomic E-state index is 11.5. The smallest absolute Gasteiger partial charge is 0.329 e. The summed E-state index contributed by atoms with van der Waals surface area (Å²) in [5.41, 5.74) is 3.91. The molecule has 0 spiro atoms. The van der Waals surface area contributed by atoms with Crippen molar-refractivity contribution in [3.63, 3.8) is 0 Å². The molecule has 1 heterocycles. The highest BCUT2D eigenvalue weighted by Gasteiger charge is 2.12. The fourth-order valence-electron chi connectivity index (χ4n) is 1.35. The van der Waals surface area contributed by atoms with Crippen LogP contribution in [-0.2, 0) is 16.1 Å². The van der Waals surface area contributed by atoms with E-state index in [1.54, 1.807) is 18.5 Å². The Balaban J connectivity index is 2.41. The van der Waals surface area contributed by atoms with Crippen LogP contribution in [-0.4, -0.2) is 22.5 Å². The SMILES string of the molecule is CCC(CC)=NNC(=O)C(=O)NCc1cccnc1. The first-order valence-electron chi connectivity index (χ1n) is 6.19. The van der Waals surface area contributed by atoms with E-state index < -0.39 is 11.8 Å². The number of hydrogen-bond acceptors (Lipinski definition) is 4. The van der Waals surface area contributed by atoms with Gasteiger partial charge in [-0.1, -0.05) is 19.9 Å². The average Bonchev–Trinajstić information content (AvgIpc) is 2.46. The Kier molecular flexibility index (Phi) is 6.21. The molecule has 0 atom stereocenters. The lowest BCUT2D eigenvalue weighted by Gasteiger charge is -2.04. The standard InChI is InChI=1S/C13H18N4O2/c1-3-11(4-2)16-17-13(19)12(18)15-9-10-6-5-7-14-8-10/h5-8H,3-4,9H2,1-2H3,(H,15,18)(H,17,19). The van der Waals surface area contributed by atoms with E-state index in [0.29, 0.717) is 0 Å². The highest BCUT2D eigenvalue weighted by atomic mass is 16.2. The molecular weight excluding hydrogens is 244 g/mol. The monoisotopic (exact) mass is 262 g/mol. The van der Waals surface area contributed by atoms with Crippen molar-refractivity contribution in [3.05, 3.63) is 30.1 Å². The molecule has 0 unspecified atom stereocenters. The van der Waals surface area contributed by atoms with E-state index in [0.717, 1.165) is 24.1 Å². The number of rotatable bonds is 5. The lowest BCUT2D eigenvalue weighted by molar-refractivity contribution is -0.139. The number of hydrogen-bond donors (Lipinski definition) is 2. The van der Waals surface area contributed by atoms with Gasteiger partial charge in [0, 0.05) is 24.7 Å². The van der Waals surface area contributed by atoms with Crippen LogP contribution in [0.5, 0.6) is 0 Å². The van der Waals surface area contributed by atoms with Gasteiger partial charge in [0.1, 0.15) is 0 Å². The minimum atomic E-state index is -0.761. The van der Waals surface area contributed by atoms with Gasteiger partial charge in [-0.15, -0.1) is 0 Å². The summed E-state index contributed by atoms with van der Waals surface area (Å²) in [6, 6.07) is 3.58. The van der Waals surface area contributed by atoms with E-state index in [4.69, 9.17) is 0 Å². The van der Waals surface area contributed by atoms with Crippen molar-refractivity contribution in [1.29, 1.82) is 0 Å². The number of pyridine rings is 1. The summed E-state index contributed by atoms with van der Waals surface area (Å²) in [5, 5.41) is 6.38. The number of aromatic nitrogens is 1. The third-order valence-corrected chi connectivity index (χ3v) is 2.51. The largest absolute Gasteiger partial charge is 0.344 e. The molecule has 1 aromatic rings. The van der Waals surface area contributed by atoms with Crippen LogP contribution in [0.4, 0.5) is 0 Å². The molecule has 2 amide bonds.